The molecule has 0 saturated carbocycles. The van der Waals surface area contributed by atoms with Gasteiger partial charge in [0.05, 0.1) is 17.9 Å². The van der Waals surface area contributed by atoms with E-state index in [0.29, 0.717) is 5.56 Å². The molecule has 0 spiro atoms. The lowest BCUT2D eigenvalue weighted by Gasteiger charge is -2.29. The summed E-state index contributed by atoms with van der Waals surface area (Å²) in [5.41, 5.74) is 2.61. The van der Waals surface area contributed by atoms with Crippen LogP contribution in [0.1, 0.15) is 37.9 Å². The van der Waals surface area contributed by atoms with Gasteiger partial charge in [-0.25, -0.2) is 4.98 Å². The van der Waals surface area contributed by atoms with Crippen molar-refractivity contribution >= 4 is 11.5 Å². The highest BCUT2D eigenvalue weighted by Gasteiger charge is 2.25. The third-order valence-electron chi connectivity index (χ3n) is 4.76. The number of rotatable bonds is 2. The molecular formula is C19H28N4O2. The minimum atomic E-state index is 0.145. The molecule has 3 rings (SSSR count). The SMILES string of the molecule is Cc1cc(N2CCCO[C@@H](C)C2)c(C#N)c(N2CCCO[C@@H](C)C2)n1. The molecule has 3 heterocycles. The molecule has 6 nitrogen and oxygen atoms in total. The second-order valence-corrected chi connectivity index (χ2v) is 7.06. The summed E-state index contributed by atoms with van der Waals surface area (Å²) in [6, 6.07) is 4.47. The number of ether oxygens (including phenoxy) is 2. The van der Waals surface area contributed by atoms with Gasteiger partial charge >= 0.3 is 0 Å². The fourth-order valence-electron chi connectivity index (χ4n) is 3.63. The Morgan fingerprint density at radius 2 is 1.68 bits per heavy atom. The summed E-state index contributed by atoms with van der Waals surface area (Å²) in [6.45, 7) is 11.1. The maximum atomic E-state index is 9.92. The van der Waals surface area contributed by atoms with Gasteiger partial charge in [-0.05, 0) is 39.7 Å². The van der Waals surface area contributed by atoms with Crippen LogP contribution in [0, 0.1) is 18.3 Å². The molecule has 0 N–H and O–H groups in total. The van der Waals surface area contributed by atoms with Crippen molar-refractivity contribution < 1.29 is 9.47 Å². The molecule has 2 fully saturated rings. The molecule has 0 amide bonds. The predicted molar refractivity (Wildman–Crippen MR) is 98.2 cm³/mol. The second kappa shape index (κ2) is 8.03. The van der Waals surface area contributed by atoms with Gasteiger partial charge < -0.3 is 19.3 Å². The molecule has 0 bridgehead atoms. The van der Waals surface area contributed by atoms with Gasteiger partial charge in [-0.1, -0.05) is 0 Å². The van der Waals surface area contributed by atoms with Crippen LogP contribution < -0.4 is 9.80 Å². The molecule has 2 aliphatic heterocycles. The Kier molecular flexibility index (Phi) is 5.77. The van der Waals surface area contributed by atoms with Crippen molar-refractivity contribution in [1.82, 2.24) is 4.98 Å². The standard InChI is InChI=1S/C19H28N4O2/c1-14-10-18(22-6-4-8-24-15(2)12-22)17(11-20)19(21-14)23-7-5-9-25-16(3)13-23/h10,15-16H,4-9,12-13H2,1-3H3/t15-,16-/m0/s1. The maximum Gasteiger partial charge on any atom is 0.149 e. The number of nitrogens with zero attached hydrogens (tertiary/aromatic N) is 4. The van der Waals surface area contributed by atoms with Gasteiger partial charge in [0.1, 0.15) is 17.5 Å². The van der Waals surface area contributed by atoms with Crippen molar-refractivity contribution in [3.63, 3.8) is 0 Å². The number of aryl methyl sites for hydroxylation is 1. The summed E-state index contributed by atoms with van der Waals surface area (Å²) in [7, 11) is 0. The summed E-state index contributed by atoms with van der Waals surface area (Å²) in [4.78, 5) is 9.23. The van der Waals surface area contributed by atoms with Crippen LogP contribution in [0.25, 0.3) is 0 Å². The number of pyridine rings is 1. The summed E-state index contributed by atoms with van der Waals surface area (Å²) in [5.74, 6) is 0.799. The van der Waals surface area contributed by atoms with Crippen LogP contribution in [0.4, 0.5) is 11.5 Å². The molecular weight excluding hydrogens is 316 g/mol. The number of anilines is 2. The van der Waals surface area contributed by atoms with Gasteiger partial charge in [0, 0.05) is 45.1 Å². The van der Waals surface area contributed by atoms with E-state index in [4.69, 9.17) is 14.5 Å². The van der Waals surface area contributed by atoms with Crippen LogP contribution in [0.5, 0.6) is 0 Å². The van der Waals surface area contributed by atoms with Gasteiger partial charge in [0.2, 0.25) is 0 Å². The summed E-state index contributed by atoms with van der Waals surface area (Å²) in [6.07, 6.45) is 2.24. The molecule has 0 unspecified atom stereocenters. The second-order valence-electron chi connectivity index (χ2n) is 7.06. The number of hydrogen-bond acceptors (Lipinski definition) is 6. The maximum absolute atomic E-state index is 9.92. The largest absolute Gasteiger partial charge is 0.377 e. The smallest absolute Gasteiger partial charge is 0.149 e. The van der Waals surface area contributed by atoms with Crippen molar-refractivity contribution in [2.75, 3.05) is 49.2 Å². The minimum absolute atomic E-state index is 0.145. The Morgan fingerprint density at radius 1 is 1.08 bits per heavy atom. The Hall–Kier alpha value is -1.84. The van der Waals surface area contributed by atoms with E-state index in [-0.39, 0.29) is 12.2 Å². The Labute approximate surface area is 150 Å². The van der Waals surface area contributed by atoms with E-state index in [0.717, 1.165) is 69.4 Å². The first kappa shape index (κ1) is 18.0. The monoisotopic (exact) mass is 344 g/mol. The molecule has 136 valence electrons. The zero-order valence-electron chi connectivity index (χ0n) is 15.5. The minimum Gasteiger partial charge on any atom is -0.377 e. The van der Waals surface area contributed by atoms with Crippen molar-refractivity contribution in [3.05, 3.63) is 17.3 Å². The summed E-state index contributed by atoms with van der Waals surface area (Å²) < 4.78 is 11.5. The highest BCUT2D eigenvalue weighted by molar-refractivity contribution is 5.70. The lowest BCUT2D eigenvalue weighted by Crippen LogP contribution is -2.34. The van der Waals surface area contributed by atoms with E-state index in [2.05, 4.69) is 29.7 Å². The van der Waals surface area contributed by atoms with Crippen LogP contribution in [0.3, 0.4) is 0 Å². The van der Waals surface area contributed by atoms with E-state index < -0.39 is 0 Å². The molecule has 6 heteroatoms. The van der Waals surface area contributed by atoms with Gasteiger partial charge in [-0.15, -0.1) is 0 Å². The molecule has 1 aromatic heterocycles. The molecule has 1 aromatic rings. The highest BCUT2D eigenvalue weighted by Crippen LogP contribution is 2.31. The van der Waals surface area contributed by atoms with E-state index >= 15 is 0 Å². The highest BCUT2D eigenvalue weighted by atomic mass is 16.5. The number of nitriles is 1. The Balaban J connectivity index is 1.99. The lowest BCUT2D eigenvalue weighted by atomic mass is 10.1. The van der Waals surface area contributed by atoms with E-state index in [1.54, 1.807) is 0 Å². The van der Waals surface area contributed by atoms with Crippen molar-refractivity contribution in [3.8, 4) is 6.07 Å². The molecule has 2 saturated heterocycles. The molecule has 2 atom stereocenters. The fraction of sp³-hybridized carbons (Fsp3) is 0.684. The van der Waals surface area contributed by atoms with E-state index in [1.807, 2.05) is 13.0 Å². The van der Waals surface area contributed by atoms with E-state index in [1.165, 1.54) is 0 Å². The molecule has 2 aliphatic rings. The first-order valence-electron chi connectivity index (χ1n) is 9.23. The topological polar surface area (TPSA) is 61.6 Å². The average Bonchev–Trinajstić information content (AvgIpc) is 2.93. The van der Waals surface area contributed by atoms with Gasteiger partial charge in [0.15, 0.2) is 0 Å². The Bertz CT molecular complexity index is 598. The molecule has 0 radical (unpaired) electrons. The average molecular weight is 344 g/mol. The quantitative estimate of drug-likeness (QED) is 0.821. The van der Waals surface area contributed by atoms with Gasteiger partial charge in [0.25, 0.3) is 0 Å². The predicted octanol–water partition coefficient (Wildman–Crippen LogP) is 2.49. The van der Waals surface area contributed by atoms with Crippen molar-refractivity contribution in [2.45, 2.75) is 45.8 Å². The van der Waals surface area contributed by atoms with Crippen molar-refractivity contribution in [2.24, 2.45) is 0 Å². The van der Waals surface area contributed by atoms with Gasteiger partial charge in [-0.3, -0.25) is 0 Å². The molecule has 0 aliphatic carbocycles. The van der Waals surface area contributed by atoms with Crippen LogP contribution >= 0.6 is 0 Å². The number of hydrogen-bond donors (Lipinski definition) is 0. The summed E-state index contributed by atoms with van der Waals surface area (Å²) in [5, 5.41) is 9.92. The normalized spacial score (nSPS) is 25.2. The molecule has 25 heavy (non-hydrogen) atoms. The molecule has 0 aromatic carbocycles. The Morgan fingerprint density at radius 3 is 2.32 bits per heavy atom. The first-order chi connectivity index (χ1) is 12.1. The summed E-state index contributed by atoms with van der Waals surface area (Å²) >= 11 is 0. The lowest BCUT2D eigenvalue weighted by molar-refractivity contribution is 0.0819. The third kappa shape index (κ3) is 4.23. The fourth-order valence-corrected chi connectivity index (χ4v) is 3.63. The zero-order valence-corrected chi connectivity index (χ0v) is 15.5. The third-order valence-corrected chi connectivity index (χ3v) is 4.76. The van der Waals surface area contributed by atoms with Crippen LogP contribution in [-0.4, -0.2) is 56.6 Å². The number of aromatic nitrogens is 1. The first-order valence-corrected chi connectivity index (χ1v) is 9.23. The van der Waals surface area contributed by atoms with Crippen LogP contribution in [-0.2, 0) is 9.47 Å². The van der Waals surface area contributed by atoms with E-state index in [9.17, 15) is 5.26 Å². The van der Waals surface area contributed by atoms with Crippen LogP contribution in [0.2, 0.25) is 0 Å². The van der Waals surface area contributed by atoms with Crippen molar-refractivity contribution in [1.29, 1.82) is 5.26 Å². The zero-order chi connectivity index (χ0) is 17.8. The van der Waals surface area contributed by atoms with Crippen LogP contribution in [0.15, 0.2) is 6.07 Å². The van der Waals surface area contributed by atoms with Gasteiger partial charge in [-0.2, -0.15) is 5.26 Å².